The first kappa shape index (κ1) is 27.1. The van der Waals surface area contributed by atoms with Crippen LogP contribution in [-0.2, 0) is 25.1 Å². The van der Waals surface area contributed by atoms with Crippen LogP contribution < -0.4 is 26.5 Å². The van der Waals surface area contributed by atoms with Crippen LogP contribution in [0.1, 0.15) is 0 Å². The van der Waals surface area contributed by atoms with Gasteiger partial charge in [-0.05, 0) is 0 Å². The molecule has 0 saturated heterocycles. The maximum absolute atomic E-state index is 14.2. The first-order valence-corrected chi connectivity index (χ1v) is 18.3. The van der Waals surface area contributed by atoms with Crippen molar-refractivity contribution in [3.8, 4) is 0 Å². The average molecular weight is 623 g/mol. The molecule has 0 atom stereocenters. The summed E-state index contributed by atoms with van der Waals surface area (Å²) in [5.41, 5.74) is 0. The Bertz CT molecular complexity index is 1050. The van der Waals surface area contributed by atoms with Crippen molar-refractivity contribution in [2.45, 2.75) is 0 Å². The van der Waals surface area contributed by atoms with Crippen LogP contribution in [0.4, 0.5) is 0 Å². The third kappa shape index (κ3) is 6.81. The molecule has 4 aromatic carbocycles. The quantitative estimate of drug-likeness (QED) is 0.197. The summed E-state index contributed by atoms with van der Waals surface area (Å²) >= 11 is -0.106. The van der Waals surface area contributed by atoms with E-state index < -0.39 is 14.3 Å². The van der Waals surface area contributed by atoms with E-state index in [1.165, 1.54) is 0 Å². The molecule has 0 saturated carbocycles. The molecule has 180 valence electrons. The Kier molecular flexibility index (Phi) is 10.8. The zero-order valence-corrected chi connectivity index (χ0v) is 23.1. The van der Waals surface area contributed by atoms with E-state index in [-0.39, 0.29) is 28.5 Å². The van der Waals surface area contributed by atoms with Crippen LogP contribution in [0.15, 0.2) is 121 Å². The fraction of sp³-hybridized carbons (Fsp3) is 0.0769. The number of hydrogen-bond donors (Lipinski definition) is 1. The van der Waals surface area contributed by atoms with Crippen LogP contribution >= 0.6 is 33.3 Å². The number of benzene rings is 4. The number of nitrogens with one attached hydrogen (secondary N) is 1. The second kappa shape index (κ2) is 13.6. The molecule has 1 N–H and O–H groups in total. The third-order valence-corrected chi connectivity index (χ3v) is 11.2. The van der Waals surface area contributed by atoms with Gasteiger partial charge in [0.25, 0.3) is 0 Å². The summed E-state index contributed by atoms with van der Waals surface area (Å²) in [6.45, 7) is 0. The Morgan fingerprint density at radius 1 is 0.500 bits per heavy atom. The van der Waals surface area contributed by atoms with Gasteiger partial charge in [0.2, 0.25) is 0 Å². The Hall–Kier alpha value is -1.46. The van der Waals surface area contributed by atoms with Gasteiger partial charge in [-0.15, -0.1) is 0 Å². The van der Waals surface area contributed by atoms with E-state index in [9.17, 15) is 9.13 Å². The molecule has 0 radical (unpaired) electrons. The van der Waals surface area contributed by atoms with E-state index >= 15 is 0 Å². The van der Waals surface area contributed by atoms with E-state index in [0.29, 0.717) is 0 Å². The molecule has 0 spiro atoms. The predicted molar refractivity (Wildman–Crippen MR) is 144 cm³/mol. The van der Waals surface area contributed by atoms with Gasteiger partial charge >= 0.3 is 35.0 Å². The van der Waals surface area contributed by atoms with Crippen molar-refractivity contribution in [2.24, 2.45) is 0 Å². The summed E-state index contributed by atoms with van der Waals surface area (Å²) in [7, 11) is 3.78. The first-order chi connectivity index (χ1) is 16.5. The third-order valence-electron chi connectivity index (χ3n) is 5.36. The SMILES string of the molecule is O=P(CNCP(=O)(c1ccccc1)c1ccccc1)(c1ccccc1)c1ccccc1.[Cl][Pd][Cl]. The number of rotatable bonds is 8. The molecule has 0 unspecified atom stereocenters. The average Bonchev–Trinajstić information content (AvgIpc) is 2.91. The van der Waals surface area contributed by atoms with E-state index in [1.54, 1.807) is 0 Å². The van der Waals surface area contributed by atoms with Gasteiger partial charge in [0.05, 0.1) is 12.6 Å². The first-order valence-electron chi connectivity index (χ1n) is 10.5. The molecule has 0 aromatic heterocycles. The molecule has 0 aliphatic carbocycles. The van der Waals surface area contributed by atoms with Crippen molar-refractivity contribution in [1.29, 1.82) is 0 Å². The Labute approximate surface area is 217 Å². The second-order valence-corrected chi connectivity index (χ2v) is 15.5. The second-order valence-electron chi connectivity index (χ2n) is 7.43. The molecule has 0 bridgehead atoms. The molecule has 3 nitrogen and oxygen atoms in total. The number of hydrogen-bond acceptors (Lipinski definition) is 3. The van der Waals surface area contributed by atoms with Crippen molar-refractivity contribution in [3.05, 3.63) is 121 Å². The summed E-state index contributed by atoms with van der Waals surface area (Å²) in [5.74, 6) is 0. The minimum atomic E-state index is -2.93. The molecular formula is C26H25Cl2NO2P2Pd. The van der Waals surface area contributed by atoms with Crippen LogP contribution in [0.5, 0.6) is 0 Å². The summed E-state index contributed by atoms with van der Waals surface area (Å²) in [5, 5.41) is 6.51. The van der Waals surface area contributed by atoms with E-state index in [2.05, 4.69) is 5.32 Å². The summed E-state index contributed by atoms with van der Waals surface area (Å²) < 4.78 is 28.4. The normalized spacial score (nSPS) is 11.5. The van der Waals surface area contributed by atoms with Crippen molar-refractivity contribution in [1.82, 2.24) is 5.32 Å². The van der Waals surface area contributed by atoms with Gasteiger partial charge in [0.15, 0.2) is 14.3 Å². The molecule has 0 aliphatic heterocycles. The fourth-order valence-corrected chi connectivity index (χ4v) is 8.67. The van der Waals surface area contributed by atoms with Crippen LogP contribution in [0.25, 0.3) is 0 Å². The van der Waals surface area contributed by atoms with Crippen LogP contribution in [0.2, 0.25) is 0 Å². The molecule has 0 fully saturated rings. The Morgan fingerprint density at radius 3 is 0.912 bits per heavy atom. The van der Waals surface area contributed by atoms with Gasteiger partial charge in [-0.2, -0.15) is 0 Å². The molecule has 8 heteroatoms. The molecule has 0 amide bonds. The number of halogens is 2. The topological polar surface area (TPSA) is 46.2 Å². The fourth-order valence-electron chi connectivity index (χ4n) is 3.70. The van der Waals surface area contributed by atoms with Crippen molar-refractivity contribution in [3.63, 3.8) is 0 Å². The molecule has 34 heavy (non-hydrogen) atoms. The standard InChI is InChI=1S/C26H25NO2P2.2ClH.Pd/c28-30(23-13-5-1-6-14-23,24-15-7-2-8-16-24)21-27-22-31(29,25-17-9-3-10-18-25)26-19-11-4-12-20-26;;;/h1-20,27H,21-22H2;2*1H;/q;;;+2/p-2. The Morgan fingerprint density at radius 2 is 0.706 bits per heavy atom. The molecule has 0 aliphatic rings. The Balaban J connectivity index is 0.00000103. The van der Waals surface area contributed by atoms with Gasteiger partial charge < -0.3 is 14.4 Å². The van der Waals surface area contributed by atoms with E-state index in [4.69, 9.17) is 19.1 Å². The van der Waals surface area contributed by atoms with Crippen molar-refractivity contribution in [2.75, 3.05) is 12.6 Å². The van der Waals surface area contributed by atoms with Crippen LogP contribution in [0, 0.1) is 0 Å². The summed E-state index contributed by atoms with van der Waals surface area (Å²) in [4.78, 5) is 0. The van der Waals surface area contributed by atoms with Gasteiger partial charge in [0, 0.05) is 21.2 Å². The monoisotopic (exact) mass is 621 g/mol. The molecule has 4 rings (SSSR count). The van der Waals surface area contributed by atoms with Crippen LogP contribution in [0.3, 0.4) is 0 Å². The minimum absolute atomic E-state index is 0.106. The zero-order valence-electron chi connectivity index (χ0n) is 18.2. The van der Waals surface area contributed by atoms with E-state index in [0.717, 1.165) is 21.2 Å². The van der Waals surface area contributed by atoms with Crippen LogP contribution in [-0.4, -0.2) is 12.6 Å². The van der Waals surface area contributed by atoms with E-state index in [1.807, 2.05) is 121 Å². The van der Waals surface area contributed by atoms with Gasteiger partial charge in [-0.25, -0.2) is 0 Å². The van der Waals surface area contributed by atoms with Gasteiger partial charge in [-0.1, -0.05) is 121 Å². The zero-order chi connectivity index (χ0) is 24.3. The summed E-state index contributed by atoms with van der Waals surface area (Å²) in [6, 6.07) is 38.2. The van der Waals surface area contributed by atoms with Gasteiger partial charge in [-0.3, -0.25) is 0 Å². The van der Waals surface area contributed by atoms with Crippen molar-refractivity contribution >= 4 is 54.6 Å². The molecule has 0 heterocycles. The van der Waals surface area contributed by atoms with Crippen molar-refractivity contribution < 1.29 is 25.1 Å². The molecule has 4 aromatic rings. The summed E-state index contributed by atoms with van der Waals surface area (Å²) in [6.07, 6.45) is 0.482. The maximum atomic E-state index is 14.2. The van der Waals surface area contributed by atoms with Gasteiger partial charge in [0.1, 0.15) is 0 Å². The molecular weight excluding hydrogens is 598 g/mol. The predicted octanol–water partition coefficient (Wildman–Crippen LogP) is 5.90.